The van der Waals surface area contributed by atoms with Gasteiger partial charge in [-0.2, -0.15) is 0 Å². The maximum atomic E-state index is 11.7. The number of halogens is 2. The SMILES string of the molecule is Cc1cc(NC(=O)c2nnc(Cl)s2)ncc1Br. The molecule has 2 aromatic rings. The van der Waals surface area contributed by atoms with Crippen molar-refractivity contribution in [1.29, 1.82) is 0 Å². The van der Waals surface area contributed by atoms with E-state index in [1.54, 1.807) is 12.3 Å². The molecule has 0 saturated heterocycles. The van der Waals surface area contributed by atoms with Gasteiger partial charge in [-0.3, -0.25) is 4.79 Å². The van der Waals surface area contributed by atoms with Crippen molar-refractivity contribution in [3.63, 3.8) is 0 Å². The number of hydrogen-bond donors (Lipinski definition) is 1. The standard InChI is InChI=1S/C9H6BrClN4OS/c1-4-2-6(12-3-5(4)10)13-7(16)8-14-15-9(11)17-8/h2-3H,1H3,(H,12,13,16). The topological polar surface area (TPSA) is 67.8 Å². The average Bonchev–Trinajstić information content (AvgIpc) is 2.70. The van der Waals surface area contributed by atoms with Gasteiger partial charge in [0.1, 0.15) is 5.82 Å². The minimum absolute atomic E-state index is 0.206. The predicted octanol–water partition coefficient (Wildman–Crippen LogP) is 2.91. The highest BCUT2D eigenvalue weighted by molar-refractivity contribution is 9.10. The maximum Gasteiger partial charge on any atom is 0.287 e. The van der Waals surface area contributed by atoms with Gasteiger partial charge in [0, 0.05) is 10.7 Å². The van der Waals surface area contributed by atoms with Gasteiger partial charge in [-0.15, -0.1) is 10.2 Å². The Hall–Kier alpha value is -1.05. The molecule has 0 radical (unpaired) electrons. The molecule has 0 unspecified atom stereocenters. The lowest BCUT2D eigenvalue weighted by Gasteiger charge is -2.03. The van der Waals surface area contributed by atoms with Gasteiger partial charge >= 0.3 is 0 Å². The van der Waals surface area contributed by atoms with E-state index in [0.717, 1.165) is 21.4 Å². The minimum Gasteiger partial charge on any atom is -0.304 e. The third-order valence-electron chi connectivity index (χ3n) is 1.88. The fourth-order valence-electron chi connectivity index (χ4n) is 1.07. The van der Waals surface area contributed by atoms with Crippen molar-refractivity contribution in [3.8, 4) is 0 Å². The zero-order valence-corrected chi connectivity index (χ0v) is 11.7. The van der Waals surface area contributed by atoms with Crippen LogP contribution in [-0.4, -0.2) is 21.1 Å². The highest BCUT2D eigenvalue weighted by Crippen LogP contribution is 2.19. The van der Waals surface area contributed by atoms with Crippen LogP contribution in [0.2, 0.25) is 4.47 Å². The van der Waals surface area contributed by atoms with E-state index in [1.807, 2.05) is 6.92 Å². The molecule has 0 aliphatic heterocycles. The molecule has 2 aromatic heterocycles. The molecule has 1 N–H and O–H groups in total. The third-order valence-corrected chi connectivity index (χ3v) is 3.73. The first-order valence-corrected chi connectivity index (χ1v) is 6.47. The lowest BCUT2D eigenvalue weighted by molar-refractivity contribution is 0.102. The van der Waals surface area contributed by atoms with Gasteiger partial charge in [0.15, 0.2) is 0 Å². The summed E-state index contributed by atoms with van der Waals surface area (Å²) in [5.74, 6) is 0.0886. The smallest absolute Gasteiger partial charge is 0.287 e. The summed E-state index contributed by atoms with van der Waals surface area (Å²) < 4.78 is 1.12. The molecule has 0 spiro atoms. The average molecular weight is 334 g/mol. The first-order valence-electron chi connectivity index (χ1n) is 4.49. The number of carbonyl (C=O) groups excluding carboxylic acids is 1. The van der Waals surface area contributed by atoms with Gasteiger partial charge in [0.2, 0.25) is 9.47 Å². The number of aromatic nitrogens is 3. The molecule has 1 amide bonds. The Kier molecular flexibility index (Phi) is 3.70. The molecule has 0 fully saturated rings. The van der Waals surface area contributed by atoms with Crippen molar-refractivity contribution in [1.82, 2.24) is 15.2 Å². The fourth-order valence-corrected chi connectivity index (χ4v) is 2.01. The van der Waals surface area contributed by atoms with Crippen LogP contribution in [0.1, 0.15) is 15.4 Å². The van der Waals surface area contributed by atoms with E-state index in [0.29, 0.717) is 5.82 Å². The first-order chi connectivity index (χ1) is 8.06. The summed E-state index contributed by atoms with van der Waals surface area (Å²) in [5.41, 5.74) is 0.977. The van der Waals surface area contributed by atoms with E-state index in [-0.39, 0.29) is 15.4 Å². The highest BCUT2D eigenvalue weighted by atomic mass is 79.9. The van der Waals surface area contributed by atoms with Crippen LogP contribution in [0, 0.1) is 6.92 Å². The zero-order valence-electron chi connectivity index (χ0n) is 8.57. The van der Waals surface area contributed by atoms with E-state index in [9.17, 15) is 4.79 Å². The highest BCUT2D eigenvalue weighted by Gasteiger charge is 2.12. The van der Waals surface area contributed by atoms with Gasteiger partial charge in [-0.25, -0.2) is 4.98 Å². The van der Waals surface area contributed by atoms with Crippen LogP contribution in [0.25, 0.3) is 0 Å². The Morgan fingerprint density at radius 1 is 1.53 bits per heavy atom. The summed E-state index contributed by atoms with van der Waals surface area (Å²) in [7, 11) is 0. The number of nitrogens with zero attached hydrogens (tertiary/aromatic N) is 3. The molecular weight excluding hydrogens is 328 g/mol. The number of nitrogens with one attached hydrogen (secondary N) is 1. The van der Waals surface area contributed by atoms with Crippen LogP contribution < -0.4 is 5.32 Å². The van der Waals surface area contributed by atoms with Crippen LogP contribution in [0.5, 0.6) is 0 Å². The molecule has 2 rings (SSSR count). The summed E-state index contributed by atoms with van der Waals surface area (Å²) >= 11 is 9.94. The molecule has 88 valence electrons. The summed E-state index contributed by atoms with van der Waals surface area (Å²) in [6.07, 6.45) is 1.62. The number of carbonyl (C=O) groups is 1. The van der Waals surface area contributed by atoms with Crippen molar-refractivity contribution < 1.29 is 4.79 Å². The Morgan fingerprint density at radius 3 is 2.88 bits per heavy atom. The zero-order chi connectivity index (χ0) is 12.4. The normalized spacial score (nSPS) is 10.3. The molecule has 0 atom stereocenters. The Morgan fingerprint density at radius 2 is 2.29 bits per heavy atom. The molecule has 0 saturated carbocycles. The second-order valence-corrected chi connectivity index (χ2v) is 5.55. The third kappa shape index (κ3) is 2.99. The molecular formula is C9H6BrClN4OS. The van der Waals surface area contributed by atoms with Crippen molar-refractivity contribution in [2.75, 3.05) is 5.32 Å². The van der Waals surface area contributed by atoms with Gasteiger partial charge in [-0.1, -0.05) is 11.3 Å². The molecule has 2 heterocycles. The van der Waals surface area contributed by atoms with Crippen molar-refractivity contribution in [2.45, 2.75) is 6.92 Å². The fraction of sp³-hybridized carbons (Fsp3) is 0.111. The monoisotopic (exact) mass is 332 g/mol. The summed E-state index contributed by atoms with van der Waals surface area (Å²) in [6, 6.07) is 1.75. The first kappa shape index (κ1) is 12.4. The Labute approximate surface area is 114 Å². The molecule has 5 nitrogen and oxygen atoms in total. The largest absolute Gasteiger partial charge is 0.304 e. The van der Waals surface area contributed by atoms with E-state index >= 15 is 0 Å². The molecule has 17 heavy (non-hydrogen) atoms. The predicted molar refractivity (Wildman–Crippen MR) is 69.5 cm³/mol. The van der Waals surface area contributed by atoms with Crippen molar-refractivity contribution in [3.05, 3.63) is 31.8 Å². The molecule has 0 aliphatic carbocycles. The Bertz CT molecular complexity index is 574. The van der Waals surface area contributed by atoms with Gasteiger partial charge in [0.05, 0.1) is 0 Å². The quantitative estimate of drug-likeness (QED) is 0.917. The molecule has 0 bridgehead atoms. The van der Waals surface area contributed by atoms with Gasteiger partial charge in [-0.05, 0) is 46.1 Å². The molecule has 0 aromatic carbocycles. The van der Waals surface area contributed by atoms with Crippen LogP contribution in [0.15, 0.2) is 16.7 Å². The van der Waals surface area contributed by atoms with Crippen LogP contribution in [-0.2, 0) is 0 Å². The van der Waals surface area contributed by atoms with Crippen LogP contribution in [0.4, 0.5) is 5.82 Å². The second kappa shape index (κ2) is 5.07. The summed E-state index contributed by atoms with van der Waals surface area (Å²) in [6.45, 7) is 1.91. The van der Waals surface area contributed by atoms with Crippen LogP contribution in [0.3, 0.4) is 0 Å². The van der Waals surface area contributed by atoms with Crippen LogP contribution >= 0.6 is 38.9 Å². The lowest BCUT2D eigenvalue weighted by Crippen LogP contribution is -2.12. The van der Waals surface area contributed by atoms with E-state index in [2.05, 4.69) is 36.4 Å². The number of hydrogen-bond acceptors (Lipinski definition) is 5. The van der Waals surface area contributed by atoms with Crippen molar-refractivity contribution >= 4 is 50.6 Å². The Balaban J connectivity index is 2.15. The van der Waals surface area contributed by atoms with E-state index in [4.69, 9.17) is 11.6 Å². The maximum absolute atomic E-state index is 11.7. The van der Waals surface area contributed by atoms with Gasteiger partial charge < -0.3 is 5.32 Å². The van der Waals surface area contributed by atoms with Crippen molar-refractivity contribution in [2.24, 2.45) is 0 Å². The number of anilines is 1. The summed E-state index contributed by atoms with van der Waals surface area (Å²) in [4.78, 5) is 15.8. The second-order valence-electron chi connectivity index (χ2n) is 3.13. The number of aryl methyl sites for hydroxylation is 1. The minimum atomic E-state index is -0.372. The molecule has 8 heteroatoms. The number of pyridine rings is 1. The van der Waals surface area contributed by atoms with Gasteiger partial charge in [0.25, 0.3) is 5.91 Å². The van der Waals surface area contributed by atoms with E-state index in [1.165, 1.54) is 0 Å². The number of rotatable bonds is 2. The molecule has 0 aliphatic rings. The summed E-state index contributed by atoms with van der Waals surface area (Å²) in [5, 5.41) is 10.0. The van der Waals surface area contributed by atoms with E-state index < -0.39 is 0 Å². The number of amides is 1. The lowest BCUT2D eigenvalue weighted by atomic mass is 10.3.